The summed E-state index contributed by atoms with van der Waals surface area (Å²) in [4.78, 5) is 2.49. The molecule has 1 nitrogen and oxygen atoms in total. The Labute approximate surface area is 160 Å². The van der Waals surface area contributed by atoms with E-state index in [1.165, 1.54) is 81.3 Å². The lowest BCUT2D eigenvalue weighted by atomic mass is 9.84. The minimum absolute atomic E-state index is 0.856. The summed E-state index contributed by atoms with van der Waals surface area (Å²) in [7, 11) is 0. The van der Waals surface area contributed by atoms with E-state index >= 15 is 0 Å². The van der Waals surface area contributed by atoms with Gasteiger partial charge in [0.25, 0.3) is 0 Å². The summed E-state index contributed by atoms with van der Waals surface area (Å²) in [5, 5.41) is 0. The van der Waals surface area contributed by atoms with Crippen LogP contribution in [0, 0.1) is 13.8 Å². The highest BCUT2D eigenvalue weighted by Gasteiger charge is 2.14. The van der Waals surface area contributed by atoms with Crippen LogP contribution in [0.4, 0.5) is 5.69 Å². The van der Waals surface area contributed by atoms with Crippen molar-refractivity contribution in [3.8, 4) is 0 Å². The van der Waals surface area contributed by atoms with E-state index in [2.05, 4.69) is 67.3 Å². The van der Waals surface area contributed by atoms with Crippen molar-refractivity contribution in [2.45, 2.75) is 71.1 Å². The van der Waals surface area contributed by atoms with Crippen LogP contribution in [0.1, 0.15) is 74.0 Å². The lowest BCUT2D eigenvalue weighted by molar-refractivity contribution is 0.443. The third-order valence-corrected chi connectivity index (χ3v) is 5.91. The molecule has 1 heterocycles. The van der Waals surface area contributed by atoms with Crippen LogP contribution in [0.25, 0.3) is 0 Å². The molecular formula is C25H35N. The van der Waals surface area contributed by atoms with E-state index in [1.54, 1.807) is 5.56 Å². The summed E-state index contributed by atoms with van der Waals surface area (Å²) < 4.78 is 0. The van der Waals surface area contributed by atoms with Gasteiger partial charge in [0, 0.05) is 18.8 Å². The summed E-state index contributed by atoms with van der Waals surface area (Å²) >= 11 is 0. The van der Waals surface area contributed by atoms with Crippen molar-refractivity contribution in [2.75, 3.05) is 18.0 Å². The Bertz CT molecular complexity index is 569. The number of anilines is 1. The van der Waals surface area contributed by atoms with Crippen LogP contribution in [0.5, 0.6) is 0 Å². The molecule has 2 aliphatic rings. The molecule has 0 unspecified atom stereocenters. The maximum atomic E-state index is 2.49. The normalized spacial score (nSPS) is 18.2. The van der Waals surface area contributed by atoms with E-state index in [9.17, 15) is 0 Å². The van der Waals surface area contributed by atoms with Crippen LogP contribution in [0.2, 0.25) is 0 Å². The van der Waals surface area contributed by atoms with Crippen LogP contribution >= 0.6 is 0 Å². The molecule has 0 spiro atoms. The first-order chi connectivity index (χ1) is 12.7. The highest BCUT2D eigenvalue weighted by Crippen LogP contribution is 2.32. The molecule has 1 aliphatic carbocycles. The zero-order valence-electron chi connectivity index (χ0n) is 16.7. The zero-order valence-corrected chi connectivity index (χ0v) is 16.7. The Morgan fingerprint density at radius 3 is 1.69 bits per heavy atom. The largest absolute Gasteiger partial charge is 0.372 e. The number of piperidine rings is 1. The second-order valence-corrected chi connectivity index (χ2v) is 8.13. The van der Waals surface area contributed by atoms with Crippen LogP contribution in [0.3, 0.4) is 0 Å². The van der Waals surface area contributed by atoms with E-state index < -0.39 is 0 Å². The summed E-state index contributed by atoms with van der Waals surface area (Å²) in [5.74, 6) is 0.856. The Morgan fingerprint density at radius 2 is 1.12 bits per heavy atom. The van der Waals surface area contributed by atoms with Gasteiger partial charge in [-0.2, -0.15) is 0 Å². The molecule has 1 aliphatic heterocycles. The van der Waals surface area contributed by atoms with Crippen LogP contribution in [0.15, 0.2) is 48.5 Å². The maximum absolute atomic E-state index is 2.49. The molecule has 140 valence electrons. The Hall–Kier alpha value is -1.76. The highest BCUT2D eigenvalue weighted by atomic mass is 15.1. The van der Waals surface area contributed by atoms with Crippen molar-refractivity contribution in [1.29, 1.82) is 0 Å². The van der Waals surface area contributed by atoms with Gasteiger partial charge in [0.1, 0.15) is 0 Å². The van der Waals surface area contributed by atoms with Gasteiger partial charge in [0.15, 0.2) is 0 Å². The molecule has 2 aromatic rings. The van der Waals surface area contributed by atoms with Crippen molar-refractivity contribution >= 4 is 5.69 Å². The molecule has 0 aromatic heterocycles. The number of rotatable bonds is 2. The molecule has 4 rings (SSSR count). The first-order valence-electron chi connectivity index (χ1n) is 10.6. The number of hydrogen-bond donors (Lipinski definition) is 0. The van der Waals surface area contributed by atoms with Crippen molar-refractivity contribution in [1.82, 2.24) is 0 Å². The summed E-state index contributed by atoms with van der Waals surface area (Å²) in [5.41, 5.74) is 5.68. The molecule has 0 radical (unpaired) electrons. The van der Waals surface area contributed by atoms with E-state index in [-0.39, 0.29) is 0 Å². The van der Waals surface area contributed by atoms with Gasteiger partial charge >= 0.3 is 0 Å². The van der Waals surface area contributed by atoms with Crippen molar-refractivity contribution < 1.29 is 0 Å². The van der Waals surface area contributed by atoms with Crippen molar-refractivity contribution in [3.63, 3.8) is 0 Å². The fourth-order valence-electron chi connectivity index (χ4n) is 4.18. The van der Waals surface area contributed by atoms with Gasteiger partial charge in [0.05, 0.1) is 0 Å². The number of nitrogens with zero attached hydrogens (tertiary/aromatic N) is 1. The average molecular weight is 350 g/mol. The van der Waals surface area contributed by atoms with Crippen LogP contribution < -0.4 is 4.90 Å². The molecule has 1 heteroatoms. The van der Waals surface area contributed by atoms with Gasteiger partial charge in [-0.05, 0) is 69.6 Å². The lowest BCUT2D eigenvalue weighted by Crippen LogP contribution is -2.29. The van der Waals surface area contributed by atoms with Crippen molar-refractivity contribution in [3.05, 3.63) is 65.2 Å². The van der Waals surface area contributed by atoms with E-state index in [4.69, 9.17) is 0 Å². The summed E-state index contributed by atoms with van der Waals surface area (Å²) in [6.07, 6.45) is 11.2. The zero-order chi connectivity index (χ0) is 18.2. The summed E-state index contributed by atoms with van der Waals surface area (Å²) in [6, 6.07) is 18.0. The SMILES string of the molecule is Cc1ccc(C2CCCCC2)cc1.Cc1ccc(N2CCCCC2)cc1. The summed E-state index contributed by atoms with van der Waals surface area (Å²) in [6.45, 7) is 6.77. The molecule has 0 bridgehead atoms. The van der Waals surface area contributed by atoms with Gasteiger partial charge < -0.3 is 4.90 Å². The maximum Gasteiger partial charge on any atom is 0.0366 e. The molecule has 0 amide bonds. The molecule has 2 aromatic carbocycles. The predicted octanol–water partition coefficient (Wildman–Crippen LogP) is 7.03. The van der Waals surface area contributed by atoms with Gasteiger partial charge in [-0.15, -0.1) is 0 Å². The first-order valence-corrected chi connectivity index (χ1v) is 10.6. The first kappa shape index (κ1) is 19.0. The van der Waals surface area contributed by atoms with E-state index in [1.807, 2.05) is 0 Å². The second-order valence-electron chi connectivity index (χ2n) is 8.13. The van der Waals surface area contributed by atoms with Gasteiger partial charge in [-0.3, -0.25) is 0 Å². The molecule has 1 saturated carbocycles. The molecular weight excluding hydrogens is 314 g/mol. The monoisotopic (exact) mass is 349 g/mol. The van der Waals surface area contributed by atoms with Gasteiger partial charge in [-0.1, -0.05) is 66.8 Å². The van der Waals surface area contributed by atoms with Crippen LogP contribution in [-0.2, 0) is 0 Å². The lowest BCUT2D eigenvalue weighted by Gasteiger charge is -2.28. The molecule has 0 N–H and O–H groups in total. The smallest absolute Gasteiger partial charge is 0.0366 e. The fraction of sp³-hybridized carbons (Fsp3) is 0.520. The van der Waals surface area contributed by atoms with Gasteiger partial charge in [-0.25, -0.2) is 0 Å². The second kappa shape index (κ2) is 9.80. The third-order valence-electron chi connectivity index (χ3n) is 5.91. The number of aryl methyl sites for hydroxylation is 2. The fourth-order valence-corrected chi connectivity index (χ4v) is 4.18. The molecule has 0 atom stereocenters. The van der Waals surface area contributed by atoms with Crippen LogP contribution in [-0.4, -0.2) is 13.1 Å². The van der Waals surface area contributed by atoms with Gasteiger partial charge in [0.2, 0.25) is 0 Å². The number of benzene rings is 2. The topological polar surface area (TPSA) is 3.24 Å². The minimum atomic E-state index is 0.856. The highest BCUT2D eigenvalue weighted by molar-refractivity contribution is 5.47. The predicted molar refractivity (Wildman–Crippen MR) is 114 cm³/mol. The Balaban J connectivity index is 0.000000151. The molecule has 26 heavy (non-hydrogen) atoms. The molecule has 2 fully saturated rings. The Morgan fingerprint density at radius 1 is 0.615 bits per heavy atom. The van der Waals surface area contributed by atoms with E-state index in [0.29, 0.717) is 0 Å². The minimum Gasteiger partial charge on any atom is -0.372 e. The standard InChI is InChI=1S/C13H18.C12H17N/c1-11-7-9-13(10-8-11)12-5-3-2-4-6-12;1-11-5-7-12(8-6-11)13-9-3-2-4-10-13/h7-10,12H,2-6H2,1H3;5-8H,2-4,9-10H2,1H3. The molecule has 1 saturated heterocycles. The number of hydrogen-bond acceptors (Lipinski definition) is 1. The average Bonchev–Trinajstić information content (AvgIpc) is 2.71. The Kier molecular flexibility index (Phi) is 7.17. The third kappa shape index (κ3) is 5.62. The quantitative estimate of drug-likeness (QED) is 0.562. The van der Waals surface area contributed by atoms with Crippen molar-refractivity contribution in [2.24, 2.45) is 0 Å². The van der Waals surface area contributed by atoms with E-state index in [0.717, 1.165) is 5.92 Å².